The summed E-state index contributed by atoms with van der Waals surface area (Å²) in [5.74, 6) is -1.38. The van der Waals surface area contributed by atoms with Crippen molar-refractivity contribution < 1.29 is 38.8 Å². The lowest BCUT2D eigenvalue weighted by molar-refractivity contribution is -0.133. The first-order valence-electron chi connectivity index (χ1n) is 14.8. The van der Waals surface area contributed by atoms with E-state index < -0.39 is 35.8 Å². The first kappa shape index (κ1) is 32.7. The van der Waals surface area contributed by atoms with Crippen molar-refractivity contribution in [1.82, 2.24) is 4.90 Å². The summed E-state index contributed by atoms with van der Waals surface area (Å²) >= 11 is 1.05. The summed E-state index contributed by atoms with van der Waals surface area (Å²) in [5, 5.41) is 22.3. The van der Waals surface area contributed by atoms with Crippen LogP contribution in [0.1, 0.15) is 97.6 Å². The lowest BCUT2D eigenvalue weighted by Crippen LogP contribution is -2.66. The number of anilines is 1. The third-order valence-corrected chi connectivity index (χ3v) is 9.30. The number of carbonyl (C=O) groups is 3. The van der Waals surface area contributed by atoms with E-state index in [1.54, 1.807) is 18.7 Å². The van der Waals surface area contributed by atoms with Crippen LogP contribution in [0.25, 0.3) is 0 Å². The zero-order valence-corrected chi connectivity index (χ0v) is 26.5. The average molecular weight is 618 g/mol. The molecule has 1 saturated carbocycles. The minimum Gasteiger partial charge on any atom is -0.491 e. The van der Waals surface area contributed by atoms with E-state index in [4.69, 9.17) is 19.9 Å². The van der Waals surface area contributed by atoms with Gasteiger partial charge < -0.3 is 35.1 Å². The minimum atomic E-state index is -1.60. The molecule has 1 aromatic carbocycles. The van der Waals surface area contributed by atoms with Crippen molar-refractivity contribution in [3.8, 4) is 5.75 Å². The van der Waals surface area contributed by atoms with Crippen LogP contribution >= 0.6 is 11.3 Å². The van der Waals surface area contributed by atoms with Crippen LogP contribution < -0.4 is 15.4 Å². The number of hydrogen-bond acceptors (Lipinski definition) is 10. The number of benzene rings is 1. The highest BCUT2D eigenvalue weighted by Gasteiger charge is 2.50. The van der Waals surface area contributed by atoms with Crippen LogP contribution in [-0.2, 0) is 14.3 Å². The van der Waals surface area contributed by atoms with Gasteiger partial charge >= 0.3 is 5.97 Å². The fourth-order valence-electron chi connectivity index (χ4n) is 5.57. The Kier molecular flexibility index (Phi) is 10.1. The molecule has 4 rings (SSSR count). The van der Waals surface area contributed by atoms with Gasteiger partial charge in [0.15, 0.2) is 0 Å². The summed E-state index contributed by atoms with van der Waals surface area (Å²) in [6.45, 7) is 10.3. The lowest BCUT2D eigenvalue weighted by atomic mass is 9.94. The maximum Gasteiger partial charge on any atom is 0.348 e. The molecule has 2 amide bonds. The van der Waals surface area contributed by atoms with Crippen molar-refractivity contribution in [1.29, 1.82) is 0 Å². The largest absolute Gasteiger partial charge is 0.491 e. The number of thiophene rings is 1. The van der Waals surface area contributed by atoms with E-state index in [1.807, 2.05) is 38.1 Å². The smallest absolute Gasteiger partial charge is 0.348 e. The molecule has 2 aliphatic rings. The van der Waals surface area contributed by atoms with Gasteiger partial charge in [-0.25, -0.2) is 4.79 Å². The lowest BCUT2D eigenvalue weighted by Gasteiger charge is -2.48. The van der Waals surface area contributed by atoms with Crippen LogP contribution in [0.4, 0.5) is 5.00 Å². The number of fused-ring (bicyclic) bond motifs is 1. The number of carbonyl (C=O) groups excluding carboxylic acids is 3. The van der Waals surface area contributed by atoms with Crippen LogP contribution in [0, 0.1) is 6.92 Å². The predicted molar refractivity (Wildman–Crippen MR) is 162 cm³/mol. The number of para-hydroxylation sites is 1. The summed E-state index contributed by atoms with van der Waals surface area (Å²) in [5.41, 5.74) is 5.48. The molecule has 0 saturated heterocycles. The number of nitrogens with zero attached hydrogens (tertiary/aromatic N) is 2. The van der Waals surface area contributed by atoms with E-state index in [9.17, 15) is 24.6 Å². The molecular weight excluding hydrogens is 574 g/mol. The van der Waals surface area contributed by atoms with E-state index in [-0.39, 0.29) is 41.9 Å². The SMILES string of the molecule is CCOC(=O)c1sc2c(c1C)C(=O)N(C(C)(C)C(N)=O)C(O)N2C[C@H](O[C@H]1CC[C@@H](O)CC1)c1ccccc1OC(C)C. The monoisotopic (exact) mass is 617 g/mol. The molecule has 1 aromatic heterocycles. The number of rotatable bonds is 11. The normalized spacial score (nSPS) is 21.5. The van der Waals surface area contributed by atoms with Gasteiger partial charge in [-0.2, -0.15) is 0 Å². The first-order valence-corrected chi connectivity index (χ1v) is 15.6. The third-order valence-electron chi connectivity index (χ3n) is 7.99. The molecule has 4 N–H and O–H groups in total. The molecular formula is C31H43N3O8S. The first-order chi connectivity index (χ1) is 20.3. The summed E-state index contributed by atoms with van der Waals surface area (Å²) in [4.78, 5) is 42.2. The van der Waals surface area contributed by atoms with Gasteiger partial charge in [-0.1, -0.05) is 18.2 Å². The van der Waals surface area contributed by atoms with E-state index in [0.29, 0.717) is 42.0 Å². The van der Waals surface area contributed by atoms with E-state index in [0.717, 1.165) is 21.8 Å². The molecule has 1 aliphatic carbocycles. The number of aliphatic hydroxyl groups is 2. The molecule has 12 heteroatoms. The summed E-state index contributed by atoms with van der Waals surface area (Å²) < 4.78 is 18.1. The standard InChI is InChI=1S/C31H43N3O8S/c1-7-40-28(37)25-18(4)24-26(36)34(31(5,6)29(32)38)30(39)33(27(24)43-25)16-23(42-20-14-12-19(35)13-15-20)21-10-8-9-11-22(21)41-17(2)3/h8-11,17,19-20,23,30,35,39H,7,12-16H2,1-6H3,(H2,32,38)/t19-,20+,23-,30?/m0/s1. The Balaban J connectivity index is 1.84. The molecule has 1 aliphatic heterocycles. The maximum atomic E-state index is 13.9. The predicted octanol–water partition coefficient (Wildman–Crippen LogP) is 3.88. The number of ether oxygens (including phenoxy) is 3. The average Bonchev–Trinajstić information content (AvgIpc) is 3.29. The van der Waals surface area contributed by atoms with E-state index in [1.165, 1.54) is 13.8 Å². The highest BCUT2D eigenvalue weighted by molar-refractivity contribution is 7.18. The fourth-order valence-corrected chi connectivity index (χ4v) is 6.79. The second-order valence-corrected chi connectivity index (χ2v) is 12.8. The van der Waals surface area contributed by atoms with Crippen molar-refractivity contribution in [2.24, 2.45) is 5.73 Å². The number of hydrogen-bond donors (Lipinski definition) is 3. The molecule has 1 fully saturated rings. The van der Waals surface area contributed by atoms with Gasteiger partial charge in [0, 0.05) is 5.56 Å². The molecule has 2 heterocycles. The van der Waals surface area contributed by atoms with Crippen molar-refractivity contribution in [3.63, 3.8) is 0 Å². The van der Waals surface area contributed by atoms with Crippen molar-refractivity contribution >= 4 is 34.1 Å². The molecule has 43 heavy (non-hydrogen) atoms. The van der Waals surface area contributed by atoms with E-state index >= 15 is 0 Å². The van der Waals surface area contributed by atoms with Gasteiger partial charge in [0.1, 0.15) is 27.3 Å². The Labute approximate surface area is 256 Å². The van der Waals surface area contributed by atoms with E-state index in [2.05, 4.69) is 0 Å². The molecule has 236 valence electrons. The second-order valence-electron chi connectivity index (χ2n) is 11.8. The maximum absolute atomic E-state index is 13.9. The molecule has 11 nitrogen and oxygen atoms in total. The van der Waals surface area contributed by atoms with Gasteiger partial charge in [0.05, 0.1) is 37.0 Å². The van der Waals surface area contributed by atoms with Gasteiger partial charge in [0.2, 0.25) is 12.3 Å². The molecule has 2 aromatic rings. The molecule has 1 unspecified atom stereocenters. The van der Waals surface area contributed by atoms with Crippen LogP contribution in [0.2, 0.25) is 0 Å². The quantitative estimate of drug-likeness (QED) is 0.319. The Hall–Kier alpha value is -3.19. The Bertz CT molecular complexity index is 1330. The molecule has 0 bridgehead atoms. The summed E-state index contributed by atoms with van der Waals surface area (Å²) in [6.07, 6.45) is -0.373. The Morgan fingerprint density at radius 1 is 1.14 bits per heavy atom. The minimum absolute atomic E-state index is 0.0481. The number of aliphatic hydroxyl groups excluding tert-OH is 2. The van der Waals surface area contributed by atoms with Gasteiger partial charge in [-0.3, -0.25) is 14.5 Å². The Morgan fingerprint density at radius 3 is 2.40 bits per heavy atom. The van der Waals surface area contributed by atoms with Gasteiger partial charge in [-0.05, 0) is 78.9 Å². The number of esters is 1. The highest BCUT2D eigenvalue weighted by atomic mass is 32.1. The molecule has 2 atom stereocenters. The zero-order chi connectivity index (χ0) is 31.6. The zero-order valence-electron chi connectivity index (χ0n) is 25.7. The van der Waals surface area contributed by atoms with Crippen molar-refractivity contribution in [2.45, 2.75) is 104 Å². The second kappa shape index (κ2) is 13.2. The molecule has 0 radical (unpaired) electrons. The highest BCUT2D eigenvalue weighted by Crippen LogP contribution is 2.45. The van der Waals surface area contributed by atoms with Gasteiger partial charge in [0.25, 0.3) is 5.91 Å². The summed E-state index contributed by atoms with van der Waals surface area (Å²) in [7, 11) is 0. The topological polar surface area (TPSA) is 152 Å². The van der Waals surface area contributed by atoms with Crippen molar-refractivity contribution in [2.75, 3.05) is 18.1 Å². The van der Waals surface area contributed by atoms with Crippen molar-refractivity contribution in [3.05, 3.63) is 45.8 Å². The Morgan fingerprint density at radius 2 is 1.79 bits per heavy atom. The molecule has 0 spiro atoms. The third kappa shape index (κ3) is 6.67. The van der Waals surface area contributed by atoms with Crippen LogP contribution in [0.3, 0.4) is 0 Å². The van der Waals surface area contributed by atoms with Crippen LogP contribution in [-0.4, -0.2) is 76.3 Å². The van der Waals surface area contributed by atoms with Crippen LogP contribution in [0.15, 0.2) is 24.3 Å². The van der Waals surface area contributed by atoms with Crippen LogP contribution in [0.5, 0.6) is 5.75 Å². The number of amides is 2. The van der Waals surface area contributed by atoms with Gasteiger partial charge in [-0.15, -0.1) is 11.3 Å². The number of primary amides is 1. The summed E-state index contributed by atoms with van der Waals surface area (Å²) in [6, 6.07) is 7.50. The fraction of sp³-hybridized carbons (Fsp3) is 0.581. The number of nitrogens with two attached hydrogens (primary N) is 1.